The van der Waals surface area contributed by atoms with Gasteiger partial charge < -0.3 is 14.6 Å². The van der Waals surface area contributed by atoms with E-state index in [9.17, 15) is 9.59 Å². The normalized spacial score (nSPS) is 10.9. The number of imidazole rings is 1. The van der Waals surface area contributed by atoms with Gasteiger partial charge in [-0.25, -0.2) is 4.98 Å². The lowest BCUT2D eigenvalue weighted by atomic mass is 10.3. The van der Waals surface area contributed by atoms with Crippen molar-refractivity contribution in [2.24, 2.45) is 0 Å². The van der Waals surface area contributed by atoms with Gasteiger partial charge in [0.1, 0.15) is 12.4 Å². The Hall–Kier alpha value is -2.37. The molecule has 1 N–H and O–H groups in total. The van der Waals surface area contributed by atoms with Gasteiger partial charge in [0.2, 0.25) is 5.91 Å². The minimum absolute atomic E-state index is 0.0770. The molecule has 0 aliphatic carbocycles. The summed E-state index contributed by atoms with van der Waals surface area (Å²) in [7, 11) is 0. The first-order chi connectivity index (χ1) is 9.97. The molecule has 0 bridgehead atoms. The summed E-state index contributed by atoms with van der Waals surface area (Å²) in [6.45, 7) is 5.41. The van der Waals surface area contributed by atoms with Crippen molar-refractivity contribution in [3.8, 4) is 0 Å². The fourth-order valence-corrected chi connectivity index (χ4v) is 2.07. The number of hydrogen-bond acceptors (Lipinski definition) is 4. The second-order valence-corrected chi connectivity index (χ2v) is 5.05. The van der Waals surface area contributed by atoms with Gasteiger partial charge in [-0.3, -0.25) is 9.59 Å². The van der Waals surface area contributed by atoms with Gasteiger partial charge in [-0.1, -0.05) is 12.1 Å². The summed E-state index contributed by atoms with van der Waals surface area (Å²) in [5.41, 5.74) is 1.63. The predicted octanol–water partition coefficient (Wildman–Crippen LogP) is 1.62. The Kier molecular flexibility index (Phi) is 4.57. The maximum atomic E-state index is 11.9. The zero-order chi connectivity index (χ0) is 15.4. The molecule has 6 heteroatoms. The third kappa shape index (κ3) is 3.81. The number of rotatable bonds is 5. The van der Waals surface area contributed by atoms with Crippen molar-refractivity contribution in [1.82, 2.24) is 14.9 Å². The van der Waals surface area contributed by atoms with Gasteiger partial charge in [0.15, 0.2) is 0 Å². The maximum Gasteiger partial charge on any atom is 0.326 e. The highest BCUT2D eigenvalue weighted by molar-refractivity contribution is 5.79. The lowest BCUT2D eigenvalue weighted by Crippen LogP contribution is -2.24. The van der Waals surface area contributed by atoms with E-state index in [0.717, 1.165) is 11.0 Å². The summed E-state index contributed by atoms with van der Waals surface area (Å²) < 4.78 is 6.95. The highest BCUT2D eigenvalue weighted by atomic mass is 16.5. The SMILES string of the molecule is CC(=O)NCc1nc2ccccc2n1CC(=O)OC(C)C. The number of carbonyl (C=O) groups excluding carboxylic acids is 2. The van der Waals surface area contributed by atoms with Crippen molar-refractivity contribution in [3.63, 3.8) is 0 Å². The Balaban J connectivity index is 2.31. The van der Waals surface area contributed by atoms with Crippen molar-refractivity contribution in [2.75, 3.05) is 0 Å². The van der Waals surface area contributed by atoms with Crippen LogP contribution in [0, 0.1) is 0 Å². The van der Waals surface area contributed by atoms with Crippen LogP contribution < -0.4 is 5.32 Å². The minimum Gasteiger partial charge on any atom is -0.462 e. The van der Waals surface area contributed by atoms with Crippen LogP contribution in [0.5, 0.6) is 0 Å². The van der Waals surface area contributed by atoms with Crippen LogP contribution in [0.3, 0.4) is 0 Å². The van der Waals surface area contributed by atoms with Crippen LogP contribution in [0.25, 0.3) is 11.0 Å². The number of aromatic nitrogens is 2. The first-order valence-corrected chi connectivity index (χ1v) is 6.85. The molecule has 112 valence electrons. The highest BCUT2D eigenvalue weighted by Gasteiger charge is 2.15. The molecule has 0 atom stereocenters. The van der Waals surface area contributed by atoms with Crippen LogP contribution >= 0.6 is 0 Å². The highest BCUT2D eigenvalue weighted by Crippen LogP contribution is 2.16. The Morgan fingerprint density at radius 2 is 2.05 bits per heavy atom. The summed E-state index contributed by atoms with van der Waals surface area (Å²) in [6.07, 6.45) is -0.161. The maximum absolute atomic E-state index is 11.9. The Labute approximate surface area is 123 Å². The standard InChI is InChI=1S/C15H19N3O3/c1-10(2)21-15(20)9-18-13-7-5-4-6-12(13)17-14(18)8-16-11(3)19/h4-7,10H,8-9H2,1-3H3,(H,16,19). The van der Waals surface area contributed by atoms with Gasteiger partial charge in [0.25, 0.3) is 0 Å². The van der Waals surface area contributed by atoms with Gasteiger partial charge in [-0.15, -0.1) is 0 Å². The lowest BCUT2D eigenvalue weighted by molar-refractivity contribution is -0.148. The van der Waals surface area contributed by atoms with E-state index in [2.05, 4.69) is 10.3 Å². The topological polar surface area (TPSA) is 73.2 Å². The average molecular weight is 289 g/mol. The van der Waals surface area contributed by atoms with Crippen LogP contribution in [0.4, 0.5) is 0 Å². The van der Waals surface area contributed by atoms with E-state index in [1.165, 1.54) is 6.92 Å². The summed E-state index contributed by atoms with van der Waals surface area (Å²) in [5, 5.41) is 2.70. The number of carbonyl (C=O) groups is 2. The molecule has 0 unspecified atom stereocenters. The summed E-state index contributed by atoms with van der Waals surface area (Å²) in [6, 6.07) is 7.53. The molecule has 21 heavy (non-hydrogen) atoms. The predicted molar refractivity (Wildman–Crippen MR) is 78.5 cm³/mol. The first-order valence-electron chi connectivity index (χ1n) is 6.85. The van der Waals surface area contributed by atoms with Crippen LogP contribution in [-0.4, -0.2) is 27.5 Å². The number of nitrogens with one attached hydrogen (secondary N) is 1. The summed E-state index contributed by atoms with van der Waals surface area (Å²) in [5.74, 6) is 0.169. The van der Waals surface area contributed by atoms with Gasteiger partial charge >= 0.3 is 5.97 Å². The number of hydrogen-bond donors (Lipinski definition) is 1. The summed E-state index contributed by atoms with van der Waals surface area (Å²) >= 11 is 0. The fraction of sp³-hybridized carbons (Fsp3) is 0.400. The molecule has 6 nitrogen and oxygen atoms in total. The average Bonchev–Trinajstić information content (AvgIpc) is 2.74. The minimum atomic E-state index is -0.322. The second kappa shape index (κ2) is 6.39. The molecule has 0 saturated heterocycles. The number of fused-ring (bicyclic) bond motifs is 1. The third-order valence-corrected chi connectivity index (χ3v) is 2.88. The molecule has 2 rings (SSSR count). The monoisotopic (exact) mass is 289 g/mol. The van der Waals surface area contributed by atoms with Crippen LogP contribution in [-0.2, 0) is 27.4 Å². The zero-order valence-electron chi connectivity index (χ0n) is 12.4. The Bertz CT molecular complexity index is 661. The van der Waals surface area contributed by atoms with E-state index in [-0.39, 0.29) is 31.1 Å². The van der Waals surface area contributed by atoms with E-state index >= 15 is 0 Å². The molecule has 0 aliphatic rings. The van der Waals surface area contributed by atoms with Crippen LogP contribution in [0.2, 0.25) is 0 Å². The van der Waals surface area contributed by atoms with Gasteiger partial charge in [0.05, 0.1) is 23.7 Å². The number of benzene rings is 1. The molecular formula is C15H19N3O3. The number of esters is 1. The molecule has 1 heterocycles. The van der Waals surface area contributed by atoms with Crippen LogP contribution in [0.1, 0.15) is 26.6 Å². The van der Waals surface area contributed by atoms with Crippen molar-refractivity contribution >= 4 is 22.9 Å². The number of amides is 1. The smallest absolute Gasteiger partial charge is 0.326 e. The van der Waals surface area contributed by atoms with E-state index in [0.29, 0.717) is 5.82 Å². The van der Waals surface area contributed by atoms with Gasteiger partial charge in [-0.05, 0) is 26.0 Å². The molecule has 1 aromatic heterocycles. The van der Waals surface area contributed by atoms with Crippen molar-refractivity contribution in [2.45, 2.75) is 40.0 Å². The second-order valence-electron chi connectivity index (χ2n) is 5.05. The third-order valence-electron chi connectivity index (χ3n) is 2.88. The zero-order valence-corrected chi connectivity index (χ0v) is 12.4. The van der Waals surface area contributed by atoms with Gasteiger partial charge in [-0.2, -0.15) is 0 Å². The van der Waals surface area contributed by atoms with Gasteiger partial charge in [0, 0.05) is 6.92 Å². The van der Waals surface area contributed by atoms with Crippen molar-refractivity contribution < 1.29 is 14.3 Å². The van der Waals surface area contributed by atoms with E-state index in [1.807, 2.05) is 38.1 Å². The largest absolute Gasteiger partial charge is 0.462 e. The Morgan fingerprint density at radius 3 is 2.71 bits per heavy atom. The molecule has 0 aliphatic heterocycles. The number of nitrogens with zero attached hydrogens (tertiary/aromatic N) is 2. The fourth-order valence-electron chi connectivity index (χ4n) is 2.07. The van der Waals surface area contributed by atoms with Crippen LogP contribution in [0.15, 0.2) is 24.3 Å². The quantitative estimate of drug-likeness (QED) is 0.849. The van der Waals surface area contributed by atoms with E-state index < -0.39 is 0 Å². The number of para-hydroxylation sites is 2. The number of ether oxygens (including phenoxy) is 1. The molecule has 0 saturated carbocycles. The Morgan fingerprint density at radius 1 is 1.33 bits per heavy atom. The molecule has 0 radical (unpaired) electrons. The van der Waals surface area contributed by atoms with Crippen molar-refractivity contribution in [3.05, 3.63) is 30.1 Å². The lowest BCUT2D eigenvalue weighted by Gasteiger charge is -2.11. The first kappa shape index (κ1) is 15.0. The van der Waals surface area contributed by atoms with Crippen molar-refractivity contribution in [1.29, 1.82) is 0 Å². The molecular weight excluding hydrogens is 270 g/mol. The molecule has 1 amide bonds. The summed E-state index contributed by atoms with van der Waals surface area (Å²) in [4.78, 5) is 27.4. The van der Waals surface area contributed by atoms with E-state index in [1.54, 1.807) is 4.57 Å². The molecule has 0 spiro atoms. The van der Waals surface area contributed by atoms with E-state index in [4.69, 9.17) is 4.74 Å². The molecule has 2 aromatic rings. The molecule has 1 aromatic carbocycles. The molecule has 0 fully saturated rings.